The van der Waals surface area contributed by atoms with Crippen LogP contribution < -0.4 is 0 Å². The van der Waals surface area contributed by atoms with Gasteiger partial charge < -0.3 is 4.90 Å². The lowest BCUT2D eigenvalue weighted by atomic mass is 10.0. The van der Waals surface area contributed by atoms with Crippen LogP contribution in [0.15, 0.2) is 16.6 Å². The van der Waals surface area contributed by atoms with Crippen molar-refractivity contribution in [2.24, 2.45) is 0 Å². The highest BCUT2D eigenvalue weighted by molar-refractivity contribution is 9.10. The Labute approximate surface area is 111 Å². The fraction of sp³-hybridized carbons (Fsp3) is 0.500. The predicted molar refractivity (Wildman–Crippen MR) is 73.3 cm³/mol. The van der Waals surface area contributed by atoms with Crippen LogP contribution in [0.2, 0.25) is 0 Å². The quantitative estimate of drug-likeness (QED) is 0.774. The first-order valence-corrected chi connectivity index (χ1v) is 6.87. The predicted octanol–water partition coefficient (Wildman–Crippen LogP) is 3.69. The summed E-state index contributed by atoms with van der Waals surface area (Å²) in [7, 11) is 0. The number of benzene rings is 1. The lowest BCUT2D eigenvalue weighted by molar-refractivity contribution is 0.0746. The number of likely N-dealkylation sites (tertiary alicyclic amines) is 1. The topological polar surface area (TPSA) is 20.3 Å². The minimum Gasteiger partial charge on any atom is -0.336 e. The highest BCUT2D eigenvalue weighted by atomic mass is 79.9. The highest BCUT2D eigenvalue weighted by Crippen LogP contribution is 2.25. The molecule has 0 radical (unpaired) electrons. The normalized spacial score (nSPS) is 19.8. The van der Waals surface area contributed by atoms with E-state index in [0.29, 0.717) is 6.04 Å². The molecule has 0 aromatic heterocycles. The summed E-state index contributed by atoms with van der Waals surface area (Å²) in [5, 5.41) is 0. The molecule has 3 heteroatoms. The standard InChI is InChI=1S/C14H18BrNO/c1-9-7-12(15)8-10(2)13(9)14(17)16-6-4-5-11(16)3/h7-8,11H,4-6H2,1-3H3/t11-/m0/s1. The second kappa shape index (κ2) is 4.81. The molecule has 1 aromatic rings. The second-order valence-electron chi connectivity index (χ2n) is 4.90. The van der Waals surface area contributed by atoms with Crippen molar-refractivity contribution < 1.29 is 4.79 Å². The molecule has 1 aromatic carbocycles. The summed E-state index contributed by atoms with van der Waals surface area (Å²) in [6.45, 7) is 7.04. The van der Waals surface area contributed by atoms with Gasteiger partial charge in [0.05, 0.1) is 0 Å². The van der Waals surface area contributed by atoms with Crippen LogP contribution in [0.5, 0.6) is 0 Å². The summed E-state index contributed by atoms with van der Waals surface area (Å²) in [5.74, 6) is 0.192. The van der Waals surface area contributed by atoms with Crippen molar-refractivity contribution in [3.05, 3.63) is 33.3 Å². The fourth-order valence-electron chi connectivity index (χ4n) is 2.63. The lowest BCUT2D eigenvalue weighted by Gasteiger charge is -2.23. The van der Waals surface area contributed by atoms with Gasteiger partial charge in [0.1, 0.15) is 0 Å². The molecule has 0 N–H and O–H groups in total. The third kappa shape index (κ3) is 2.39. The van der Waals surface area contributed by atoms with E-state index in [1.807, 2.05) is 30.9 Å². The molecule has 1 heterocycles. The summed E-state index contributed by atoms with van der Waals surface area (Å²) in [4.78, 5) is 14.5. The zero-order valence-electron chi connectivity index (χ0n) is 10.6. The van der Waals surface area contributed by atoms with Gasteiger partial charge in [0.15, 0.2) is 0 Å². The zero-order chi connectivity index (χ0) is 12.6. The largest absolute Gasteiger partial charge is 0.336 e. The van der Waals surface area contributed by atoms with Crippen LogP contribution in [0, 0.1) is 13.8 Å². The number of halogens is 1. The van der Waals surface area contributed by atoms with Gasteiger partial charge in [0.2, 0.25) is 0 Å². The van der Waals surface area contributed by atoms with Crippen LogP contribution in [0.3, 0.4) is 0 Å². The van der Waals surface area contributed by atoms with Crippen LogP contribution in [0.4, 0.5) is 0 Å². The molecule has 0 spiro atoms. The monoisotopic (exact) mass is 295 g/mol. The number of rotatable bonds is 1. The molecule has 17 heavy (non-hydrogen) atoms. The van der Waals surface area contributed by atoms with Crippen LogP contribution in [0.1, 0.15) is 41.3 Å². The van der Waals surface area contributed by atoms with Gasteiger partial charge in [-0.2, -0.15) is 0 Å². The van der Waals surface area contributed by atoms with Gasteiger partial charge in [-0.3, -0.25) is 4.79 Å². The highest BCUT2D eigenvalue weighted by Gasteiger charge is 2.27. The molecule has 1 aliphatic heterocycles. The molecule has 2 nitrogen and oxygen atoms in total. The molecule has 0 bridgehead atoms. The SMILES string of the molecule is Cc1cc(Br)cc(C)c1C(=O)N1CCC[C@@H]1C. The van der Waals surface area contributed by atoms with E-state index < -0.39 is 0 Å². The van der Waals surface area contributed by atoms with E-state index in [1.165, 1.54) is 0 Å². The maximum atomic E-state index is 12.5. The van der Waals surface area contributed by atoms with Gasteiger partial charge in [0, 0.05) is 22.6 Å². The minimum atomic E-state index is 0.192. The molecule has 1 amide bonds. The third-order valence-electron chi connectivity index (χ3n) is 3.53. The Kier molecular flexibility index (Phi) is 3.57. The van der Waals surface area contributed by atoms with Gasteiger partial charge in [0.25, 0.3) is 5.91 Å². The first-order chi connectivity index (χ1) is 8.00. The molecule has 0 unspecified atom stereocenters. The van der Waals surface area contributed by atoms with Crippen molar-refractivity contribution in [2.75, 3.05) is 6.54 Å². The smallest absolute Gasteiger partial charge is 0.254 e. The number of hydrogen-bond donors (Lipinski definition) is 0. The lowest BCUT2D eigenvalue weighted by Crippen LogP contribution is -2.34. The first-order valence-electron chi connectivity index (χ1n) is 6.08. The van der Waals surface area contributed by atoms with Gasteiger partial charge in [-0.1, -0.05) is 15.9 Å². The molecule has 0 aliphatic carbocycles. The van der Waals surface area contributed by atoms with Crippen LogP contribution in [-0.2, 0) is 0 Å². The molecular weight excluding hydrogens is 278 g/mol. The maximum absolute atomic E-state index is 12.5. The van der Waals surface area contributed by atoms with Gasteiger partial charge in [-0.15, -0.1) is 0 Å². The third-order valence-corrected chi connectivity index (χ3v) is 3.98. The molecule has 1 saturated heterocycles. The van der Waals surface area contributed by atoms with E-state index in [-0.39, 0.29) is 5.91 Å². The molecule has 1 aliphatic rings. The Hall–Kier alpha value is -0.830. The van der Waals surface area contributed by atoms with E-state index in [1.54, 1.807) is 0 Å². The number of nitrogens with zero attached hydrogens (tertiary/aromatic N) is 1. The zero-order valence-corrected chi connectivity index (χ0v) is 12.2. The number of hydrogen-bond acceptors (Lipinski definition) is 1. The number of carbonyl (C=O) groups excluding carboxylic acids is 1. The van der Waals surface area contributed by atoms with Crippen molar-refractivity contribution in [1.82, 2.24) is 4.90 Å². The average molecular weight is 296 g/mol. The summed E-state index contributed by atoms with van der Waals surface area (Å²) in [5.41, 5.74) is 2.99. The fourth-order valence-corrected chi connectivity index (χ4v) is 3.31. The Balaban J connectivity index is 2.37. The summed E-state index contributed by atoms with van der Waals surface area (Å²) < 4.78 is 1.04. The van der Waals surface area contributed by atoms with Crippen LogP contribution in [-0.4, -0.2) is 23.4 Å². The van der Waals surface area contributed by atoms with Gasteiger partial charge >= 0.3 is 0 Å². The van der Waals surface area contributed by atoms with E-state index in [2.05, 4.69) is 22.9 Å². The van der Waals surface area contributed by atoms with Crippen molar-refractivity contribution in [3.63, 3.8) is 0 Å². The average Bonchev–Trinajstić information content (AvgIpc) is 2.62. The molecule has 1 atom stereocenters. The Morgan fingerprint density at radius 1 is 1.35 bits per heavy atom. The Morgan fingerprint density at radius 3 is 2.41 bits per heavy atom. The molecule has 0 saturated carbocycles. The number of aryl methyl sites for hydroxylation is 2. The van der Waals surface area contributed by atoms with Crippen molar-refractivity contribution >= 4 is 21.8 Å². The second-order valence-corrected chi connectivity index (χ2v) is 5.82. The summed E-state index contributed by atoms with van der Waals surface area (Å²) in [6.07, 6.45) is 2.25. The summed E-state index contributed by atoms with van der Waals surface area (Å²) in [6, 6.07) is 4.41. The molecule has 2 rings (SSSR count). The van der Waals surface area contributed by atoms with E-state index in [4.69, 9.17) is 0 Å². The van der Waals surface area contributed by atoms with Crippen molar-refractivity contribution in [1.29, 1.82) is 0 Å². The van der Waals surface area contributed by atoms with E-state index >= 15 is 0 Å². The van der Waals surface area contributed by atoms with Gasteiger partial charge in [-0.05, 0) is 56.9 Å². The maximum Gasteiger partial charge on any atom is 0.254 e. The first kappa shape index (κ1) is 12.6. The molecule has 92 valence electrons. The molecular formula is C14H18BrNO. The molecule has 1 fully saturated rings. The Morgan fingerprint density at radius 2 is 1.94 bits per heavy atom. The van der Waals surface area contributed by atoms with Crippen molar-refractivity contribution in [3.8, 4) is 0 Å². The van der Waals surface area contributed by atoms with Crippen LogP contribution >= 0.6 is 15.9 Å². The van der Waals surface area contributed by atoms with Crippen LogP contribution in [0.25, 0.3) is 0 Å². The van der Waals surface area contributed by atoms with Gasteiger partial charge in [-0.25, -0.2) is 0 Å². The Bertz CT molecular complexity index is 433. The number of carbonyl (C=O) groups is 1. The van der Waals surface area contributed by atoms with E-state index in [9.17, 15) is 4.79 Å². The van der Waals surface area contributed by atoms with E-state index in [0.717, 1.165) is 40.5 Å². The van der Waals surface area contributed by atoms with Crippen molar-refractivity contribution in [2.45, 2.75) is 39.7 Å². The summed E-state index contributed by atoms with van der Waals surface area (Å²) >= 11 is 3.47. The minimum absolute atomic E-state index is 0.192. The number of amides is 1.